The third-order valence-corrected chi connectivity index (χ3v) is 2.72. The maximum atomic E-state index is 5.57. The first-order chi connectivity index (χ1) is 5.74. The molecule has 1 rings (SSSR count). The van der Waals surface area contributed by atoms with Crippen LogP contribution in [0.2, 0.25) is 0 Å². The van der Waals surface area contributed by atoms with Crippen LogP contribution in [0.25, 0.3) is 0 Å². The second-order valence-corrected chi connectivity index (χ2v) is 3.96. The molecule has 2 nitrogen and oxygen atoms in total. The van der Waals surface area contributed by atoms with Gasteiger partial charge in [0.15, 0.2) is 0 Å². The van der Waals surface area contributed by atoms with E-state index in [1.54, 1.807) is 7.11 Å². The molecule has 0 atom stereocenters. The summed E-state index contributed by atoms with van der Waals surface area (Å²) in [6.45, 7) is 6.06. The molecule has 2 heteroatoms. The molecule has 0 heterocycles. The van der Waals surface area contributed by atoms with Crippen LogP contribution in [0.4, 0.5) is 0 Å². The van der Waals surface area contributed by atoms with Gasteiger partial charge in [-0.25, -0.2) is 0 Å². The van der Waals surface area contributed by atoms with Gasteiger partial charge < -0.3 is 9.47 Å². The average molecular weight is 172 g/mol. The molecule has 0 aromatic carbocycles. The maximum Gasteiger partial charge on any atom is 0.0704 e. The van der Waals surface area contributed by atoms with Gasteiger partial charge in [-0.2, -0.15) is 0 Å². The van der Waals surface area contributed by atoms with Crippen LogP contribution in [0, 0.1) is 11.8 Å². The van der Waals surface area contributed by atoms with E-state index in [-0.39, 0.29) is 0 Å². The van der Waals surface area contributed by atoms with Gasteiger partial charge in [-0.1, -0.05) is 13.8 Å². The fraction of sp³-hybridized carbons (Fsp3) is 1.00. The molecule has 0 unspecified atom stereocenters. The minimum absolute atomic E-state index is 0.521. The fourth-order valence-electron chi connectivity index (χ4n) is 1.58. The summed E-state index contributed by atoms with van der Waals surface area (Å²) in [6, 6.07) is 0. The molecule has 12 heavy (non-hydrogen) atoms. The van der Waals surface area contributed by atoms with E-state index in [9.17, 15) is 0 Å². The molecule has 0 saturated heterocycles. The van der Waals surface area contributed by atoms with Crippen LogP contribution < -0.4 is 0 Å². The van der Waals surface area contributed by atoms with Crippen molar-refractivity contribution in [3.05, 3.63) is 0 Å². The van der Waals surface area contributed by atoms with Crippen LogP contribution in [0.5, 0.6) is 0 Å². The molecule has 0 radical (unpaired) electrons. The first-order valence-corrected chi connectivity index (χ1v) is 4.84. The largest absolute Gasteiger partial charge is 0.382 e. The summed E-state index contributed by atoms with van der Waals surface area (Å²) >= 11 is 0. The van der Waals surface area contributed by atoms with E-state index in [0.717, 1.165) is 25.0 Å². The quantitative estimate of drug-likeness (QED) is 0.591. The van der Waals surface area contributed by atoms with Gasteiger partial charge >= 0.3 is 0 Å². The zero-order valence-electron chi connectivity index (χ0n) is 8.38. The van der Waals surface area contributed by atoms with Gasteiger partial charge in [-0.05, 0) is 24.7 Å². The van der Waals surface area contributed by atoms with Crippen LogP contribution >= 0.6 is 0 Å². The van der Waals surface area contributed by atoms with Crippen molar-refractivity contribution in [1.82, 2.24) is 0 Å². The van der Waals surface area contributed by atoms with Crippen molar-refractivity contribution in [1.29, 1.82) is 0 Å². The molecule has 1 aliphatic rings. The molecule has 0 bridgehead atoms. The number of hydrogen-bond acceptors (Lipinski definition) is 2. The smallest absolute Gasteiger partial charge is 0.0704 e. The zero-order valence-corrected chi connectivity index (χ0v) is 8.38. The van der Waals surface area contributed by atoms with Gasteiger partial charge in [0.25, 0.3) is 0 Å². The predicted octanol–water partition coefficient (Wildman–Crippen LogP) is 2.08. The Morgan fingerprint density at radius 3 is 2.42 bits per heavy atom. The number of rotatable bonds is 5. The maximum absolute atomic E-state index is 5.57. The molecule has 0 spiro atoms. The van der Waals surface area contributed by atoms with E-state index in [2.05, 4.69) is 13.8 Å². The third-order valence-electron chi connectivity index (χ3n) is 2.72. The molecule has 0 aromatic rings. The van der Waals surface area contributed by atoms with Crippen molar-refractivity contribution in [2.24, 2.45) is 11.8 Å². The molecule has 1 fully saturated rings. The molecule has 1 saturated carbocycles. The van der Waals surface area contributed by atoms with Gasteiger partial charge in [0, 0.05) is 7.11 Å². The van der Waals surface area contributed by atoms with Crippen molar-refractivity contribution < 1.29 is 9.47 Å². The normalized spacial score (nSPS) is 29.0. The Labute approximate surface area is 75.2 Å². The highest BCUT2D eigenvalue weighted by molar-refractivity contribution is 4.81. The topological polar surface area (TPSA) is 18.5 Å². The van der Waals surface area contributed by atoms with E-state index in [1.165, 1.54) is 12.8 Å². The summed E-state index contributed by atoms with van der Waals surface area (Å²) < 4.78 is 10.5. The Morgan fingerprint density at radius 1 is 1.25 bits per heavy atom. The second-order valence-electron chi connectivity index (χ2n) is 3.96. The Morgan fingerprint density at radius 2 is 1.92 bits per heavy atom. The number of hydrogen-bond donors (Lipinski definition) is 0. The minimum Gasteiger partial charge on any atom is -0.382 e. The average Bonchev–Trinajstić information content (AvgIpc) is 1.93. The van der Waals surface area contributed by atoms with Crippen molar-refractivity contribution in [3.8, 4) is 0 Å². The Bertz CT molecular complexity index is 117. The highest BCUT2D eigenvalue weighted by Gasteiger charge is 2.31. The van der Waals surface area contributed by atoms with E-state index in [0.29, 0.717) is 6.10 Å². The predicted molar refractivity (Wildman–Crippen MR) is 49.2 cm³/mol. The van der Waals surface area contributed by atoms with E-state index >= 15 is 0 Å². The van der Waals surface area contributed by atoms with Crippen LogP contribution in [0.3, 0.4) is 0 Å². The van der Waals surface area contributed by atoms with Crippen molar-refractivity contribution in [3.63, 3.8) is 0 Å². The summed E-state index contributed by atoms with van der Waals surface area (Å²) in [5.74, 6) is 1.73. The summed E-state index contributed by atoms with van der Waals surface area (Å²) in [5, 5.41) is 0. The first kappa shape index (κ1) is 10.0. The van der Waals surface area contributed by atoms with E-state index in [1.807, 2.05) is 0 Å². The summed E-state index contributed by atoms with van der Waals surface area (Å²) in [6.07, 6.45) is 3.02. The summed E-state index contributed by atoms with van der Waals surface area (Å²) in [7, 11) is 1.71. The Balaban J connectivity index is 1.95. The minimum atomic E-state index is 0.521. The first-order valence-electron chi connectivity index (χ1n) is 4.84. The van der Waals surface area contributed by atoms with Crippen LogP contribution in [0.15, 0.2) is 0 Å². The molecule has 0 N–H and O–H groups in total. The molecule has 0 amide bonds. The summed E-state index contributed by atoms with van der Waals surface area (Å²) in [4.78, 5) is 0. The van der Waals surface area contributed by atoms with Crippen molar-refractivity contribution in [2.75, 3.05) is 20.3 Å². The molecule has 1 aliphatic carbocycles. The molecular weight excluding hydrogens is 152 g/mol. The van der Waals surface area contributed by atoms with E-state index in [4.69, 9.17) is 9.47 Å². The standard InChI is InChI=1S/C10H20O2/c1-8(2)9-6-10(7-9)12-5-4-11-3/h8-10H,4-7H2,1-3H3. The third kappa shape index (κ3) is 2.76. The van der Waals surface area contributed by atoms with Crippen LogP contribution in [0.1, 0.15) is 26.7 Å². The highest BCUT2D eigenvalue weighted by atomic mass is 16.5. The zero-order chi connectivity index (χ0) is 8.97. The lowest BCUT2D eigenvalue weighted by atomic mass is 9.75. The van der Waals surface area contributed by atoms with Gasteiger partial charge in [0.2, 0.25) is 0 Å². The van der Waals surface area contributed by atoms with Crippen LogP contribution in [-0.2, 0) is 9.47 Å². The highest BCUT2D eigenvalue weighted by Crippen LogP contribution is 2.35. The van der Waals surface area contributed by atoms with Gasteiger partial charge in [-0.3, -0.25) is 0 Å². The molecular formula is C10H20O2. The lowest BCUT2D eigenvalue weighted by Crippen LogP contribution is -2.35. The van der Waals surface area contributed by atoms with Gasteiger partial charge in [0.05, 0.1) is 19.3 Å². The van der Waals surface area contributed by atoms with E-state index < -0.39 is 0 Å². The summed E-state index contributed by atoms with van der Waals surface area (Å²) in [5.41, 5.74) is 0. The number of methoxy groups -OCH3 is 1. The number of ether oxygens (including phenoxy) is 2. The van der Waals surface area contributed by atoms with Gasteiger partial charge in [0.1, 0.15) is 0 Å². The van der Waals surface area contributed by atoms with Crippen molar-refractivity contribution in [2.45, 2.75) is 32.8 Å². The molecule has 0 aliphatic heterocycles. The van der Waals surface area contributed by atoms with Gasteiger partial charge in [-0.15, -0.1) is 0 Å². The van der Waals surface area contributed by atoms with Crippen molar-refractivity contribution >= 4 is 0 Å². The van der Waals surface area contributed by atoms with Crippen LogP contribution in [-0.4, -0.2) is 26.4 Å². The fourth-order valence-corrected chi connectivity index (χ4v) is 1.58. The SMILES string of the molecule is COCCOC1CC(C(C)C)C1. The lowest BCUT2D eigenvalue weighted by molar-refractivity contribution is -0.0575. The monoisotopic (exact) mass is 172 g/mol. The second kappa shape index (κ2) is 4.83. The molecule has 0 aromatic heterocycles. The Kier molecular flexibility index (Phi) is 4.02. The molecule has 72 valence electrons. The Hall–Kier alpha value is -0.0800. The lowest BCUT2D eigenvalue weighted by Gasteiger charge is -2.37.